The fraction of sp³-hybridized carbons (Fsp3) is 0. The van der Waals surface area contributed by atoms with Gasteiger partial charge >= 0.3 is 5.97 Å². The number of esters is 1. The first-order valence-electron chi connectivity index (χ1n) is 12.0. The van der Waals surface area contributed by atoms with E-state index in [1.54, 1.807) is 12.1 Å². The van der Waals surface area contributed by atoms with Gasteiger partial charge in [0, 0.05) is 16.5 Å². The van der Waals surface area contributed by atoms with E-state index in [1.807, 2.05) is 36.4 Å². The van der Waals surface area contributed by atoms with E-state index in [2.05, 4.69) is 83.4 Å². The summed E-state index contributed by atoms with van der Waals surface area (Å²) in [6.07, 6.45) is 0. The Morgan fingerprint density at radius 3 is 1.94 bits per heavy atom. The molecule has 7 aromatic rings. The summed E-state index contributed by atoms with van der Waals surface area (Å²) in [4.78, 5) is 12.7. The molecule has 6 aromatic carbocycles. The number of carbonyl (C=O) groups excluding carboxylic acids is 1. The fourth-order valence-corrected chi connectivity index (χ4v) is 5.08. The molecule has 3 heteroatoms. The highest BCUT2D eigenvalue weighted by Gasteiger charge is 2.16. The second kappa shape index (κ2) is 8.10. The smallest absolute Gasteiger partial charge is 0.343 e. The van der Waals surface area contributed by atoms with Crippen LogP contribution in [-0.4, -0.2) is 10.5 Å². The van der Waals surface area contributed by atoms with Gasteiger partial charge in [-0.3, -0.25) is 0 Å². The molecule has 1 heterocycles. The molecule has 0 radical (unpaired) electrons. The maximum Gasteiger partial charge on any atom is 0.343 e. The van der Waals surface area contributed by atoms with Gasteiger partial charge in [-0.2, -0.15) is 0 Å². The monoisotopic (exact) mass is 463 g/mol. The number of carbonyl (C=O) groups is 1. The Bertz CT molecular complexity index is 1930. The van der Waals surface area contributed by atoms with E-state index in [-0.39, 0.29) is 5.97 Å². The summed E-state index contributed by atoms with van der Waals surface area (Å²) in [5.41, 5.74) is 3.81. The Labute approximate surface area is 207 Å². The van der Waals surface area contributed by atoms with Crippen LogP contribution >= 0.6 is 0 Å². The Morgan fingerprint density at radius 2 is 1.17 bits per heavy atom. The van der Waals surface area contributed by atoms with Gasteiger partial charge < -0.3 is 9.30 Å². The minimum Gasteiger partial charge on any atom is -0.423 e. The van der Waals surface area contributed by atoms with E-state index in [0.717, 1.165) is 27.5 Å². The van der Waals surface area contributed by atoms with Crippen molar-refractivity contribution in [1.29, 1.82) is 0 Å². The molecule has 7 rings (SSSR count). The maximum atomic E-state index is 12.7. The van der Waals surface area contributed by atoms with Gasteiger partial charge in [0.15, 0.2) is 0 Å². The lowest BCUT2D eigenvalue weighted by molar-refractivity contribution is 0.0735. The molecule has 1 aromatic heterocycles. The molecule has 0 atom stereocenters. The molecule has 0 aliphatic rings. The standard InChI is InChI=1S/C33H21NO2/c35-33(23-9-2-1-3-10-23)36-28-16-17-31-30(21-28)29-19-25-12-6-7-13-26(25)20-32(29)34(31)27-15-14-22-8-4-5-11-24(22)18-27/h1-21H. The average molecular weight is 464 g/mol. The zero-order valence-corrected chi connectivity index (χ0v) is 19.4. The largest absolute Gasteiger partial charge is 0.423 e. The zero-order valence-electron chi connectivity index (χ0n) is 19.4. The number of nitrogens with zero attached hydrogens (tertiary/aromatic N) is 1. The van der Waals surface area contributed by atoms with Crippen LogP contribution in [0.2, 0.25) is 0 Å². The molecule has 0 aliphatic carbocycles. The van der Waals surface area contributed by atoms with E-state index < -0.39 is 0 Å². The van der Waals surface area contributed by atoms with Crippen molar-refractivity contribution in [3.63, 3.8) is 0 Å². The number of hydrogen-bond acceptors (Lipinski definition) is 2. The third-order valence-corrected chi connectivity index (χ3v) is 6.82. The van der Waals surface area contributed by atoms with Gasteiger partial charge in [0.25, 0.3) is 0 Å². The first kappa shape index (κ1) is 20.5. The molecule has 0 fully saturated rings. The maximum absolute atomic E-state index is 12.7. The minimum absolute atomic E-state index is 0.362. The van der Waals surface area contributed by atoms with Crippen molar-refractivity contribution in [1.82, 2.24) is 4.57 Å². The molecule has 0 aliphatic heterocycles. The third kappa shape index (κ3) is 3.33. The van der Waals surface area contributed by atoms with Gasteiger partial charge in [-0.05, 0) is 76.1 Å². The quantitative estimate of drug-likeness (QED) is 0.195. The molecule has 36 heavy (non-hydrogen) atoms. The van der Waals surface area contributed by atoms with Gasteiger partial charge in [-0.1, -0.05) is 72.8 Å². The summed E-state index contributed by atoms with van der Waals surface area (Å²) >= 11 is 0. The zero-order chi connectivity index (χ0) is 24.1. The molecule has 0 saturated heterocycles. The summed E-state index contributed by atoms with van der Waals surface area (Å²) in [5, 5.41) is 6.93. The molecule has 0 amide bonds. The molecule has 0 bridgehead atoms. The van der Waals surface area contributed by atoms with Gasteiger partial charge in [0.05, 0.1) is 16.6 Å². The summed E-state index contributed by atoms with van der Waals surface area (Å²) in [6.45, 7) is 0. The van der Waals surface area contributed by atoms with Crippen LogP contribution in [0.4, 0.5) is 0 Å². The van der Waals surface area contributed by atoms with Crippen LogP contribution in [-0.2, 0) is 0 Å². The molecule has 0 unspecified atom stereocenters. The molecule has 3 nitrogen and oxygen atoms in total. The molecule has 0 saturated carbocycles. The number of benzene rings is 6. The predicted molar refractivity (Wildman–Crippen MR) is 147 cm³/mol. The average Bonchev–Trinajstić information content (AvgIpc) is 3.24. The molecule has 170 valence electrons. The van der Waals surface area contributed by atoms with Crippen LogP contribution in [0.25, 0.3) is 49.0 Å². The number of hydrogen-bond donors (Lipinski definition) is 0. The van der Waals surface area contributed by atoms with Crippen molar-refractivity contribution in [2.75, 3.05) is 0 Å². The van der Waals surface area contributed by atoms with Crippen molar-refractivity contribution >= 4 is 49.3 Å². The van der Waals surface area contributed by atoms with Gasteiger partial charge in [-0.25, -0.2) is 4.79 Å². The summed E-state index contributed by atoms with van der Waals surface area (Å²) in [7, 11) is 0. The van der Waals surface area contributed by atoms with Crippen LogP contribution in [0.5, 0.6) is 5.75 Å². The third-order valence-electron chi connectivity index (χ3n) is 6.82. The number of ether oxygens (including phenoxy) is 1. The van der Waals surface area contributed by atoms with E-state index >= 15 is 0 Å². The normalized spacial score (nSPS) is 11.4. The van der Waals surface area contributed by atoms with E-state index in [0.29, 0.717) is 11.3 Å². The lowest BCUT2D eigenvalue weighted by Gasteiger charge is -2.10. The fourth-order valence-electron chi connectivity index (χ4n) is 5.08. The number of aromatic nitrogens is 1. The minimum atomic E-state index is -0.362. The summed E-state index contributed by atoms with van der Waals surface area (Å²) in [5.74, 6) is 0.167. The Balaban J connectivity index is 1.46. The summed E-state index contributed by atoms with van der Waals surface area (Å²) < 4.78 is 8.07. The Morgan fingerprint density at radius 1 is 0.528 bits per heavy atom. The van der Waals surface area contributed by atoms with Gasteiger partial charge in [0.1, 0.15) is 5.75 Å². The molecular formula is C33H21NO2. The lowest BCUT2D eigenvalue weighted by Crippen LogP contribution is -2.07. The Kier molecular flexibility index (Phi) is 4.61. The predicted octanol–water partition coefficient (Wildman–Crippen LogP) is 8.31. The Hall–Kier alpha value is -4.89. The first-order chi connectivity index (χ1) is 17.7. The van der Waals surface area contributed by atoms with Gasteiger partial charge in [-0.15, -0.1) is 0 Å². The van der Waals surface area contributed by atoms with Crippen LogP contribution in [0, 0.1) is 0 Å². The molecule has 0 N–H and O–H groups in total. The molecule has 0 spiro atoms. The van der Waals surface area contributed by atoms with Crippen LogP contribution in [0.15, 0.2) is 127 Å². The topological polar surface area (TPSA) is 31.2 Å². The van der Waals surface area contributed by atoms with Crippen LogP contribution < -0.4 is 4.74 Å². The highest BCUT2D eigenvalue weighted by molar-refractivity contribution is 6.14. The van der Waals surface area contributed by atoms with E-state index in [4.69, 9.17) is 4.74 Å². The van der Waals surface area contributed by atoms with Gasteiger partial charge in [0.2, 0.25) is 0 Å². The SMILES string of the molecule is O=C(Oc1ccc2c(c1)c1cc3ccccc3cc1n2-c1ccc2ccccc2c1)c1ccccc1. The van der Waals surface area contributed by atoms with Crippen molar-refractivity contribution in [3.8, 4) is 11.4 Å². The number of rotatable bonds is 3. The van der Waals surface area contributed by atoms with Crippen molar-refractivity contribution < 1.29 is 9.53 Å². The van der Waals surface area contributed by atoms with E-state index in [1.165, 1.54) is 21.5 Å². The van der Waals surface area contributed by atoms with Crippen LogP contribution in [0.1, 0.15) is 10.4 Å². The second-order valence-electron chi connectivity index (χ2n) is 9.02. The van der Waals surface area contributed by atoms with Crippen molar-refractivity contribution in [2.24, 2.45) is 0 Å². The second-order valence-corrected chi connectivity index (χ2v) is 9.02. The first-order valence-corrected chi connectivity index (χ1v) is 12.0. The number of fused-ring (bicyclic) bond motifs is 5. The van der Waals surface area contributed by atoms with Crippen molar-refractivity contribution in [3.05, 3.63) is 133 Å². The highest BCUT2D eigenvalue weighted by Crippen LogP contribution is 2.37. The highest BCUT2D eigenvalue weighted by atomic mass is 16.5. The summed E-state index contributed by atoms with van der Waals surface area (Å²) in [6, 6.07) is 42.8. The molecular weight excluding hydrogens is 442 g/mol. The van der Waals surface area contributed by atoms with E-state index in [9.17, 15) is 4.79 Å². The van der Waals surface area contributed by atoms with Crippen LogP contribution in [0.3, 0.4) is 0 Å². The lowest BCUT2D eigenvalue weighted by atomic mass is 10.1. The van der Waals surface area contributed by atoms with Crippen molar-refractivity contribution in [2.45, 2.75) is 0 Å².